The molecule has 0 atom stereocenters. The Kier molecular flexibility index (Phi) is 3.15. The molecule has 1 aromatic carbocycles. The number of anilines is 1. The number of benzene rings is 1. The van der Waals surface area contributed by atoms with Gasteiger partial charge in [0.05, 0.1) is 16.3 Å². The molecule has 0 saturated heterocycles. The Bertz CT molecular complexity index is 563. The second kappa shape index (κ2) is 4.59. The van der Waals surface area contributed by atoms with Crippen LogP contribution in [0.25, 0.3) is 0 Å². The molecule has 88 valence electrons. The minimum atomic E-state index is -0.237. The zero-order valence-electron chi connectivity index (χ0n) is 9.57. The van der Waals surface area contributed by atoms with E-state index >= 15 is 0 Å². The molecule has 0 bridgehead atoms. The maximum Gasteiger partial charge on any atom is 0.258 e. The van der Waals surface area contributed by atoms with Gasteiger partial charge in [-0.05, 0) is 19.1 Å². The van der Waals surface area contributed by atoms with E-state index in [-0.39, 0.29) is 5.91 Å². The second-order valence-electron chi connectivity index (χ2n) is 3.73. The first-order chi connectivity index (χ1) is 8.08. The molecule has 5 heteroatoms. The molecule has 4 nitrogen and oxygen atoms in total. The highest BCUT2D eigenvalue weighted by Gasteiger charge is 2.11. The Morgan fingerprint density at radius 1 is 1.41 bits per heavy atom. The van der Waals surface area contributed by atoms with Gasteiger partial charge in [0.2, 0.25) is 0 Å². The number of aromatic nitrogens is 2. The summed E-state index contributed by atoms with van der Waals surface area (Å²) in [6.45, 7) is 1.87. The molecule has 1 heterocycles. The van der Waals surface area contributed by atoms with E-state index < -0.39 is 0 Å². The van der Waals surface area contributed by atoms with Crippen LogP contribution < -0.4 is 5.32 Å². The van der Waals surface area contributed by atoms with Crippen molar-refractivity contribution in [3.05, 3.63) is 46.6 Å². The van der Waals surface area contributed by atoms with Crippen molar-refractivity contribution in [1.29, 1.82) is 0 Å². The van der Waals surface area contributed by atoms with Crippen LogP contribution in [0.1, 0.15) is 16.1 Å². The summed E-state index contributed by atoms with van der Waals surface area (Å²) in [5.41, 5.74) is 1.30. The molecule has 1 amide bonds. The van der Waals surface area contributed by atoms with Crippen molar-refractivity contribution in [3.8, 4) is 0 Å². The molecule has 17 heavy (non-hydrogen) atoms. The lowest BCUT2D eigenvalue weighted by Crippen LogP contribution is -2.14. The van der Waals surface area contributed by atoms with Gasteiger partial charge in [-0.3, -0.25) is 9.48 Å². The lowest BCUT2D eigenvalue weighted by atomic mass is 10.2. The maximum atomic E-state index is 12.0. The highest BCUT2D eigenvalue weighted by molar-refractivity contribution is 6.34. The smallest absolute Gasteiger partial charge is 0.258 e. The summed E-state index contributed by atoms with van der Waals surface area (Å²) in [5, 5.41) is 7.35. The number of nitrogens with zero attached hydrogens (tertiary/aromatic N) is 2. The average Bonchev–Trinajstić information content (AvgIpc) is 2.58. The molecule has 0 aliphatic rings. The van der Waals surface area contributed by atoms with Crippen LogP contribution in [0, 0.1) is 6.92 Å². The van der Waals surface area contributed by atoms with Gasteiger partial charge in [0.25, 0.3) is 5.91 Å². The fourth-order valence-electron chi connectivity index (χ4n) is 1.56. The van der Waals surface area contributed by atoms with E-state index in [1.54, 1.807) is 42.1 Å². The zero-order valence-corrected chi connectivity index (χ0v) is 10.3. The van der Waals surface area contributed by atoms with E-state index in [1.807, 2.05) is 6.92 Å². The minimum Gasteiger partial charge on any atom is -0.307 e. The number of nitrogens with one attached hydrogen (secondary N) is 1. The summed E-state index contributed by atoms with van der Waals surface area (Å²) in [6, 6.07) is 8.73. The van der Waals surface area contributed by atoms with E-state index in [0.29, 0.717) is 16.4 Å². The van der Waals surface area contributed by atoms with E-state index in [1.165, 1.54) is 0 Å². The summed E-state index contributed by atoms with van der Waals surface area (Å²) >= 11 is 5.95. The number of halogens is 1. The normalized spacial score (nSPS) is 10.3. The van der Waals surface area contributed by atoms with Crippen molar-refractivity contribution >= 4 is 23.3 Å². The van der Waals surface area contributed by atoms with Gasteiger partial charge in [-0.15, -0.1) is 0 Å². The Morgan fingerprint density at radius 3 is 2.71 bits per heavy atom. The first kappa shape index (κ1) is 11.7. The van der Waals surface area contributed by atoms with Gasteiger partial charge >= 0.3 is 0 Å². The van der Waals surface area contributed by atoms with E-state index in [0.717, 1.165) is 5.69 Å². The molecule has 0 fully saturated rings. The van der Waals surface area contributed by atoms with Crippen LogP contribution >= 0.6 is 11.6 Å². The predicted octanol–water partition coefficient (Wildman–Crippen LogP) is 2.63. The maximum absolute atomic E-state index is 12.0. The summed E-state index contributed by atoms with van der Waals surface area (Å²) in [5.74, 6) is 0.408. The van der Waals surface area contributed by atoms with Crippen LogP contribution in [-0.4, -0.2) is 15.7 Å². The lowest BCUT2D eigenvalue weighted by Gasteiger charge is -2.06. The first-order valence-corrected chi connectivity index (χ1v) is 5.52. The van der Waals surface area contributed by atoms with Crippen molar-refractivity contribution in [2.45, 2.75) is 6.92 Å². The lowest BCUT2D eigenvalue weighted by molar-refractivity contribution is 0.102. The third-order valence-corrected chi connectivity index (χ3v) is 2.69. The highest BCUT2D eigenvalue weighted by Crippen LogP contribution is 2.17. The molecule has 1 aromatic heterocycles. The van der Waals surface area contributed by atoms with Crippen LogP contribution in [0.4, 0.5) is 5.82 Å². The Balaban J connectivity index is 2.23. The van der Waals surface area contributed by atoms with Crippen molar-refractivity contribution < 1.29 is 4.79 Å². The van der Waals surface area contributed by atoms with Crippen LogP contribution in [-0.2, 0) is 7.05 Å². The van der Waals surface area contributed by atoms with Gasteiger partial charge < -0.3 is 5.32 Å². The van der Waals surface area contributed by atoms with E-state index in [4.69, 9.17) is 11.6 Å². The van der Waals surface area contributed by atoms with Crippen molar-refractivity contribution in [2.24, 2.45) is 7.05 Å². The largest absolute Gasteiger partial charge is 0.307 e. The van der Waals surface area contributed by atoms with E-state index in [9.17, 15) is 4.79 Å². The SMILES string of the molecule is Cc1cc(NC(=O)c2ccccc2Cl)n(C)n1. The summed E-state index contributed by atoms with van der Waals surface area (Å²) in [7, 11) is 1.77. The summed E-state index contributed by atoms with van der Waals surface area (Å²) in [6.07, 6.45) is 0. The fraction of sp³-hybridized carbons (Fsp3) is 0.167. The van der Waals surface area contributed by atoms with Crippen LogP contribution in [0.15, 0.2) is 30.3 Å². The molecule has 0 aliphatic carbocycles. The standard InChI is InChI=1S/C12H12ClN3O/c1-8-7-11(16(2)15-8)14-12(17)9-5-3-4-6-10(9)13/h3-7H,1-2H3,(H,14,17). The summed E-state index contributed by atoms with van der Waals surface area (Å²) in [4.78, 5) is 12.0. The number of aryl methyl sites for hydroxylation is 2. The molecule has 0 spiro atoms. The molecule has 0 radical (unpaired) electrons. The Morgan fingerprint density at radius 2 is 2.12 bits per heavy atom. The highest BCUT2D eigenvalue weighted by atomic mass is 35.5. The van der Waals surface area contributed by atoms with Crippen molar-refractivity contribution in [1.82, 2.24) is 9.78 Å². The molecule has 0 unspecified atom stereocenters. The molecular weight excluding hydrogens is 238 g/mol. The molecule has 2 rings (SSSR count). The quantitative estimate of drug-likeness (QED) is 0.889. The second-order valence-corrected chi connectivity index (χ2v) is 4.14. The average molecular weight is 250 g/mol. The molecule has 1 N–H and O–H groups in total. The topological polar surface area (TPSA) is 46.9 Å². The molecule has 0 aliphatic heterocycles. The Hall–Kier alpha value is -1.81. The van der Waals surface area contributed by atoms with Gasteiger partial charge in [-0.1, -0.05) is 23.7 Å². The molecule has 0 saturated carbocycles. The van der Waals surface area contributed by atoms with Gasteiger partial charge in [0.15, 0.2) is 0 Å². The van der Waals surface area contributed by atoms with Crippen molar-refractivity contribution in [3.63, 3.8) is 0 Å². The number of carbonyl (C=O) groups excluding carboxylic acids is 1. The summed E-state index contributed by atoms with van der Waals surface area (Å²) < 4.78 is 1.62. The first-order valence-electron chi connectivity index (χ1n) is 5.14. The number of amides is 1. The minimum absolute atomic E-state index is 0.237. The van der Waals surface area contributed by atoms with Gasteiger partial charge in [0.1, 0.15) is 5.82 Å². The molecular formula is C12H12ClN3O. The van der Waals surface area contributed by atoms with Gasteiger partial charge in [-0.2, -0.15) is 5.10 Å². The number of carbonyl (C=O) groups is 1. The Labute approximate surface area is 104 Å². The molecule has 2 aromatic rings. The van der Waals surface area contributed by atoms with Crippen LogP contribution in [0.5, 0.6) is 0 Å². The van der Waals surface area contributed by atoms with Crippen LogP contribution in [0.3, 0.4) is 0 Å². The number of hydrogen-bond donors (Lipinski definition) is 1. The third-order valence-electron chi connectivity index (χ3n) is 2.36. The van der Waals surface area contributed by atoms with E-state index in [2.05, 4.69) is 10.4 Å². The fourth-order valence-corrected chi connectivity index (χ4v) is 1.78. The number of hydrogen-bond acceptors (Lipinski definition) is 2. The van der Waals surface area contributed by atoms with Gasteiger partial charge in [0, 0.05) is 13.1 Å². The third kappa shape index (κ3) is 2.47. The predicted molar refractivity (Wildman–Crippen MR) is 67.4 cm³/mol. The monoisotopic (exact) mass is 249 g/mol. The number of rotatable bonds is 2. The van der Waals surface area contributed by atoms with Gasteiger partial charge in [-0.25, -0.2) is 0 Å². The zero-order chi connectivity index (χ0) is 12.4. The van der Waals surface area contributed by atoms with Crippen molar-refractivity contribution in [2.75, 3.05) is 5.32 Å². The van der Waals surface area contributed by atoms with Crippen LogP contribution in [0.2, 0.25) is 5.02 Å².